The maximum absolute atomic E-state index is 6.22. The number of nitrogens with one attached hydrogen (secondary N) is 1. The van der Waals surface area contributed by atoms with E-state index >= 15 is 0 Å². The smallest absolute Gasteiger partial charge is 0.0705 e. The van der Waals surface area contributed by atoms with Gasteiger partial charge in [-0.3, -0.25) is 0 Å². The summed E-state index contributed by atoms with van der Waals surface area (Å²) in [6.07, 6.45) is 6.31. The van der Waals surface area contributed by atoms with Gasteiger partial charge in [0.05, 0.1) is 24.1 Å². The quantitative estimate of drug-likeness (QED) is 0.747. The minimum absolute atomic E-state index is 0.0495. The van der Waals surface area contributed by atoms with E-state index < -0.39 is 0 Å². The van der Waals surface area contributed by atoms with Crippen molar-refractivity contribution in [2.24, 2.45) is 0 Å². The summed E-state index contributed by atoms with van der Waals surface area (Å²) in [5.74, 6) is 0. The number of hydrogen-bond acceptors (Lipinski definition) is 3. The minimum Gasteiger partial charge on any atom is -0.381 e. The van der Waals surface area contributed by atoms with E-state index in [1.807, 2.05) is 13.1 Å². The van der Waals surface area contributed by atoms with Crippen LogP contribution in [-0.4, -0.2) is 42.1 Å². The number of hydrogen-bond donors (Lipinski definition) is 1. The monoisotopic (exact) mass is 242 g/mol. The fourth-order valence-electron chi connectivity index (χ4n) is 1.95. The van der Waals surface area contributed by atoms with Crippen molar-refractivity contribution in [2.45, 2.75) is 24.8 Å². The lowest BCUT2D eigenvalue weighted by Gasteiger charge is -2.37. The third-order valence-electron chi connectivity index (χ3n) is 3.30. The maximum Gasteiger partial charge on any atom is 0.0705 e. The van der Waals surface area contributed by atoms with Crippen LogP contribution in [0.4, 0.5) is 0 Å². The van der Waals surface area contributed by atoms with Gasteiger partial charge in [0, 0.05) is 18.8 Å². The van der Waals surface area contributed by atoms with Gasteiger partial charge in [0.2, 0.25) is 0 Å². The molecule has 0 aliphatic carbocycles. The second kappa shape index (κ2) is 4.68. The summed E-state index contributed by atoms with van der Waals surface area (Å²) in [7, 11) is 0. The van der Waals surface area contributed by atoms with E-state index in [9.17, 15) is 0 Å². The first-order valence-electron chi connectivity index (χ1n) is 5.76. The van der Waals surface area contributed by atoms with Crippen LogP contribution in [-0.2, 0) is 4.74 Å². The Morgan fingerprint density at radius 1 is 1.50 bits per heavy atom. The number of rotatable bonds is 2. The molecule has 1 fully saturated rings. The van der Waals surface area contributed by atoms with Gasteiger partial charge in [-0.25, -0.2) is 0 Å². The summed E-state index contributed by atoms with van der Waals surface area (Å²) in [5, 5.41) is 3.37. The van der Waals surface area contributed by atoms with E-state index in [2.05, 4.69) is 29.3 Å². The lowest BCUT2D eigenvalue weighted by atomic mass is 9.94. The van der Waals surface area contributed by atoms with E-state index in [1.165, 1.54) is 5.70 Å². The Morgan fingerprint density at radius 3 is 2.81 bits per heavy atom. The van der Waals surface area contributed by atoms with Crippen LogP contribution in [0.1, 0.15) is 13.8 Å². The van der Waals surface area contributed by atoms with Gasteiger partial charge in [0.1, 0.15) is 0 Å². The SMILES string of the molecule is CC(Cl)C1(C)C=C(N2CCOCC2)C=CN1. The molecule has 0 spiro atoms. The molecule has 2 aliphatic heterocycles. The Kier molecular flexibility index (Phi) is 3.45. The van der Waals surface area contributed by atoms with Gasteiger partial charge < -0.3 is 15.0 Å². The highest BCUT2D eigenvalue weighted by Crippen LogP contribution is 2.24. The summed E-state index contributed by atoms with van der Waals surface area (Å²) in [5.41, 5.74) is 1.08. The standard InChI is InChI=1S/C12H19ClN2O/c1-10(13)12(2)9-11(3-4-14-12)15-5-7-16-8-6-15/h3-4,9-10,14H,5-8H2,1-2H3. The van der Waals surface area contributed by atoms with Crippen molar-refractivity contribution < 1.29 is 4.74 Å². The molecule has 2 rings (SSSR count). The van der Waals surface area contributed by atoms with Gasteiger partial charge in [0.25, 0.3) is 0 Å². The largest absolute Gasteiger partial charge is 0.381 e. The van der Waals surface area contributed by atoms with Crippen LogP contribution in [0.3, 0.4) is 0 Å². The average molecular weight is 243 g/mol. The van der Waals surface area contributed by atoms with Crippen molar-refractivity contribution in [1.82, 2.24) is 10.2 Å². The number of morpholine rings is 1. The third-order valence-corrected chi connectivity index (χ3v) is 3.75. The molecule has 90 valence electrons. The van der Waals surface area contributed by atoms with Crippen LogP contribution in [0.5, 0.6) is 0 Å². The van der Waals surface area contributed by atoms with E-state index in [4.69, 9.17) is 16.3 Å². The molecule has 0 aromatic rings. The molecule has 2 unspecified atom stereocenters. The average Bonchev–Trinajstić information content (AvgIpc) is 2.30. The van der Waals surface area contributed by atoms with Gasteiger partial charge in [-0.2, -0.15) is 0 Å². The highest BCUT2D eigenvalue weighted by Gasteiger charge is 2.29. The molecule has 2 atom stereocenters. The third kappa shape index (κ3) is 2.36. The van der Waals surface area contributed by atoms with E-state index in [0.717, 1.165) is 26.3 Å². The van der Waals surface area contributed by atoms with E-state index in [1.54, 1.807) is 0 Å². The van der Waals surface area contributed by atoms with Gasteiger partial charge >= 0.3 is 0 Å². The zero-order valence-corrected chi connectivity index (χ0v) is 10.6. The molecule has 0 aromatic carbocycles. The highest BCUT2D eigenvalue weighted by atomic mass is 35.5. The van der Waals surface area contributed by atoms with Gasteiger partial charge in [0.15, 0.2) is 0 Å². The van der Waals surface area contributed by atoms with E-state index in [-0.39, 0.29) is 10.9 Å². The maximum atomic E-state index is 6.22. The summed E-state index contributed by atoms with van der Waals surface area (Å²) in [6.45, 7) is 7.68. The zero-order valence-electron chi connectivity index (χ0n) is 9.87. The number of halogens is 1. The fraction of sp³-hybridized carbons (Fsp3) is 0.667. The number of alkyl halides is 1. The number of nitrogens with zero attached hydrogens (tertiary/aromatic N) is 1. The van der Waals surface area contributed by atoms with E-state index in [0.29, 0.717) is 0 Å². The van der Waals surface area contributed by atoms with Crippen LogP contribution in [0.25, 0.3) is 0 Å². The highest BCUT2D eigenvalue weighted by molar-refractivity contribution is 6.21. The Bertz CT molecular complexity index is 308. The first kappa shape index (κ1) is 11.8. The molecule has 4 heteroatoms. The van der Waals surface area contributed by atoms with Crippen LogP contribution < -0.4 is 5.32 Å². The van der Waals surface area contributed by atoms with Crippen LogP contribution in [0, 0.1) is 0 Å². The Morgan fingerprint density at radius 2 is 2.19 bits per heavy atom. The first-order chi connectivity index (χ1) is 7.62. The van der Waals surface area contributed by atoms with Crippen LogP contribution >= 0.6 is 11.6 Å². The second-order valence-corrected chi connectivity index (χ2v) is 5.20. The normalized spacial score (nSPS) is 31.9. The van der Waals surface area contributed by atoms with Gasteiger partial charge in [-0.05, 0) is 32.2 Å². The molecular weight excluding hydrogens is 224 g/mol. The minimum atomic E-state index is -0.163. The molecule has 0 saturated carbocycles. The van der Waals surface area contributed by atoms with Crippen molar-refractivity contribution in [3.63, 3.8) is 0 Å². The number of allylic oxidation sites excluding steroid dienone is 1. The Hall–Kier alpha value is -0.670. The predicted molar refractivity (Wildman–Crippen MR) is 66.5 cm³/mol. The molecule has 0 amide bonds. The van der Waals surface area contributed by atoms with Gasteiger partial charge in [-0.15, -0.1) is 11.6 Å². The van der Waals surface area contributed by atoms with Gasteiger partial charge in [-0.1, -0.05) is 0 Å². The molecular formula is C12H19ClN2O. The molecule has 2 aliphatic rings. The topological polar surface area (TPSA) is 24.5 Å². The lowest BCUT2D eigenvalue weighted by Crippen LogP contribution is -2.47. The van der Waals surface area contributed by atoms with Crippen LogP contribution in [0.2, 0.25) is 0 Å². The molecule has 1 N–H and O–H groups in total. The summed E-state index contributed by atoms with van der Waals surface area (Å²) < 4.78 is 5.36. The Labute approximate surface area is 102 Å². The summed E-state index contributed by atoms with van der Waals surface area (Å²) in [6, 6.07) is 0. The van der Waals surface area contributed by atoms with Crippen molar-refractivity contribution in [3.05, 3.63) is 24.0 Å². The second-order valence-electron chi connectivity index (χ2n) is 4.54. The Balaban J connectivity index is 2.13. The van der Waals surface area contributed by atoms with Crippen molar-refractivity contribution in [3.8, 4) is 0 Å². The number of ether oxygens (including phenoxy) is 1. The fourth-order valence-corrected chi connectivity index (χ4v) is 2.08. The molecule has 1 saturated heterocycles. The zero-order chi connectivity index (χ0) is 11.6. The molecule has 0 aromatic heterocycles. The molecule has 3 nitrogen and oxygen atoms in total. The first-order valence-corrected chi connectivity index (χ1v) is 6.19. The molecule has 0 bridgehead atoms. The molecule has 16 heavy (non-hydrogen) atoms. The summed E-state index contributed by atoms with van der Waals surface area (Å²) in [4.78, 5) is 2.35. The predicted octanol–water partition coefficient (Wildman–Crippen LogP) is 1.71. The van der Waals surface area contributed by atoms with Crippen molar-refractivity contribution >= 4 is 11.6 Å². The van der Waals surface area contributed by atoms with Crippen molar-refractivity contribution in [2.75, 3.05) is 26.3 Å². The van der Waals surface area contributed by atoms with Crippen LogP contribution in [0.15, 0.2) is 24.0 Å². The van der Waals surface area contributed by atoms with Crippen molar-refractivity contribution in [1.29, 1.82) is 0 Å². The molecule has 0 radical (unpaired) electrons. The number of dihydropyridines is 1. The molecule has 2 heterocycles. The summed E-state index contributed by atoms with van der Waals surface area (Å²) >= 11 is 6.22. The lowest BCUT2D eigenvalue weighted by molar-refractivity contribution is 0.0547.